The van der Waals surface area contributed by atoms with Crippen LogP contribution in [0.2, 0.25) is 0 Å². The Morgan fingerprint density at radius 3 is 2.91 bits per heavy atom. The molecule has 1 fully saturated rings. The highest BCUT2D eigenvalue weighted by molar-refractivity contribution is 5.82. The molecule has 0 saturated carbocycles. The molecule has 0 spiro atoms. The molecule has 3 rings (SSSR count). The quantitative estimate of drug-likeness (QED) is 0.756. The molecule has 0 unspecified atom stereocenters. The highest BCUT2D eigenvalue weighted by Crippen LogP contribution is 2.36. The lowest BCUT2D eigenvalue weighted by atomic mass is 9.84. The minimum Gasteiger partial charge on any atom is -0.454 e. The van der Waals surface area contributed by atoms with Crippen molar-refractivity contribution in [2.75, 3.05) is 19.9 Å². The number of amides is 1. The lowest BCUT2D eigenvalue weighted by Gasteiger charge is -2.26. The fourth-order valence-corrected chi connectivity index (χ4v) is 2.77. The second kappa shape index (κ2) is 5.78. The summed E-state index contributed by atoms with van der Waals surface area (Å²) in [5, 5.41) is 15.5. The number of β-amino-alcohol motifs (C(OH)–C–C–N with tert-alkyl or cyclic N) is 1. The Morgan fingerprint density at radius 1 is 1.41 bits per heavy atom. The van der Waals surface area contributed by atoms with Crippen molar-refractivity contribution in [3.05, 3.63) is 23.8 Å². The number of fused-ring (bicyclic) bond motifs is 1. The van der Waals surface area contributed by atoms with Crippen molar-refractivity contribution in [3.63, 3.8) is 0 Å². The number of hydrogen-bond donors (Lipinski definition) is 3. The molecule has 22 heavy (non-hydrogen) atoms. The zero-order valence-electron chi connectivity index (χ0n) is 12.9. The van der Waals surface area contributed by atoms with Crippen LogP contribution in [0.3, 0.4) is 0 Å². The van der Waals surface area contributed by atoms with Gasteiger partial charge < -0.3 is 25.2 Å². The SMILES string of the molecule is CC(C)(CNC(=O)[C@H]1C[C@@H](O)CN1)c1ccc2c(c1)OCO2. The van der Waals surface area contributed by atoms with Crippen LogP contribution in [0.25, 0.3) is 0 Å². The van der Waals surface area contributed by atoms with Gasteiger partial charge in [-0.25, -0.2) is 0 Å². The summed E-state index contributed by atoms with van der Waals surface area (Å²) >= 11 is 0. The highest BCUT2D eigenvalue weighted by Gasteiger charge is 2.30. The van der Waals surface area contributed by atoms with E-state index in [0.29, 0.717) is 19.5 Å². The largest absolute Gasteiger partial charge is 0.454 e. The zero-order valence-corrected chi connectivity index (χ0v) is 12.9. The fraction of sp³-hybridized carbons (Fsp3) is 0.562. The summed E-state index contributed by atoms with van der Waals surface area (Å²) in [6, 6.07) is 5.56. The van der Waals surface area contributed by atoms with Gasteiger partial charge in [0, 0.05) is 18.5 Å². The van der Waals surface area contributed by atoms with Gasteiger partial charge in [0.05, 0.1) is 12.1 Å². The average molecular weight is 306 g/mol. The Labute approximate surface area is 129 Å². The number of ether oxygens (including phenoxy) is 2. The van der Waals surface area contributed by atoms with Crippen LogP contribution >= 0.6 is 0 Å². The minimum atomic E-state index is -0.433. The van der Waals surface area contributed by atoms with Crippen molar-refractivity contribution < 1.29 is 19.4 Å². The maximum atomic E-state index is 12.1. The summed E-state index contributed by atoms with van der Waals surface area (Å²) in [6.07, 6.45) is 0.0358. The van der Waals surface area contributed by atoms with Crippen molar-refractivity contribution in [2.24, 2.45) is 0 Å². The molecule has 2 heterocycles. The van der Waals surface area contributed by atoms with Gasteiger partial charge in [-0.1, -0.05) is 19.9 Å². The van der Waals surface area contributed by atoms with Gasteiger partial charge in [0.1, 0.15) is 0 Å². The summed E-state index contributed by atoms with van der Waals surface area (Å²) in [6.45, 7) is 5.39. The maximum Gasteiger partial charge on any atom is 0.237 e. The second-order valence-corrected chi connectivity index (χ2v) is 6.52. The molecule has 6 nitrogen and oxygen atoms in total. The molecule has 1 saturated heterocycles. The van der Waals surface area contributed by atoms with Crippen LogP contribution in [0, 0.1) is 0 Å². The first kappa shape index (κ1) is 15.1. The van der Waals surface area contributed by atoms with Crippen LogP contribution in [-0.2, 0) is 10.2 Å². The third kappa shape index (κ3) is 3.03. The van der Waals surface area contributed by atoms with E-state index in [1.54, 1.807) is 0 Å². The molecule has 0 bridgehead atoms. The Bertz CT molecular complexity index is 573. The number of carbonyl (C=O) groups excluding carboxylic acids is 1. The predicted molar refractivity (Wildman–Crippen MR) is 81.0 cm³/mol. The predicted octanol–water partition coefficient (Wildman–Crippen LogP) is 0.532. The number of hydrogen-bond acceptors (Lipinski definition) is 5. The van der Waals surface area contributed by atoms with E-state index in [4.69, 9.17) is 9.47 Å². The van der Waals surface area contributed by atoms with E-state index in [1.807, 2.05) is 18.2 Å². The van der Waals surface area contributed by atoms with Crippen LogP contribution < -0.4 is 20.1 Å². The van der Waals surface area contributed by atoms with E-state index in [-0.39, 0.29) is 24.2 Å². The summed E-state index contributed by atoms with van der Waals surface area (Å²) in [5.41, 5.74) is 0.852. The maximum absolute atomic E-state index is 12.1. The Morgan fingerprint density at radius 2 is 2.18 bits per heavy atom. The molecule has 0 aromatic heterocycles. The first-order valence-electron chi connectivity index (χ1n) is 7.55. The normalized spacial score (nSPS) is 23.6. The zero-order chi connectivity index (χ0) is 15.7. The van der Waals surface area contributed by atoms with Crippen molar-refractivity contribution >= 4 is 5.91 Å². The van der Waals surface area contributed by atoms with Crippen LogP contribution in [0.1, 0.15) is 25.8 Å². The molecule has 3 N–H and O–H groups in total. The molecular formula is C16H22N2O4. The molecule has 1 aromatic carbocycles. The topological polar surface area (TPSA) is 79.8 Å². The van der Waals surface area contributed by atoms with Crippen LogP contribution in [0.4, 0.5) is 0 Å². The van der Waals surface area contributed by atoms with Gasteiger partial charge in [-0.3, -0.25) is 4.79 Å². The molecule has 2 atom stereocenters. The first-order chi connectivity index (χ1) is 10.5. The third-order valence-corrected chi connectivity index (χ3v) is 4.28. The van der Waals surface area contributed by atoms with E-state index in [1.165, 1.54) is 0 Å². The Balaban J connectivity index is 1.62. The van der Waals surface area contributed by atoms with E-state index >= 15 is 0 Å². The number of aliphatic hydroxyl groups is 1. The van der Waals surface area contributed by atoms with Gasteiger partial charge in [0.2, 0.25) is 12.7 Å². The van der Waals surface area contributed by atoms with E-state index < -0.39 is 6.10 Å². The monoisotopic (exact) mass is 306 g/mol. The summed E-state index contributed by atoms with van der Waals surface area (Å²) in [5.74, 6) is 1.44. The van der Waals surface area contributed by atoms with Crippen LogP contribution in [0.5, 0.6) is 11.5 Å². The smallest absolute Gasteiger partial charge is 0.237 e. The fourth-order valence-electron chi connectivity index (χ4n) is 2.77. The van der Waals surface area contributed by atoms with Gasteiger partial charge in [0.25, 0.3) is 0 Å². The molecule has 120 valence electrons. The minimum absolute atomic E-state index is 0.0645. The van der Waals surface area contributed by atoms with Crippen molar-refractivity contribution in [2.45, 2.75) is 37.8 Å². The van der Waals surface area contributed by atoms with Crippen molar-refractivity contribution in [1.82, 2.24) is 10.6 Å². The van der Waals surface area contributed by atoms with Crippen LogP contribution in [-0.4, -0.2) is 43.0 Å². The molecule has 2 aliphatic rings. The number of aliphatic hydroxyl groups excluding tert-OH is 1. The third-order valence-electron chi connectivity index (χ3n) is 4.28. The second-order valence-electron chi connectivity index (χ2n) is 6.52. The summed E-state index contributed by atoms with van der Waals surface area (Å²) in [4.78, 5) is 12.1. The number of nitrogens with one attached hydrogen (secondary N) is 2. The molecule has 6 heteroatoms. The van der Waals surface area contributed by atoms with Crippen molar-refractivity contribution in [1.29, 1.82) is 0 Å². The standard InChI is InChI=1S/C16H22N2O4/c1-16(2,8-18-15(20)12-6-11(19)7-17-12)10-3-4-13-14(5-10)22-9-21-13/h3-5,11-12,17,19H,6-9H2,1-2H3,(H,18,20)/t11-,12-/m1/s1. The first-order valence-corrected chi connectivity index (χ1v) is 7.55. The molecule has 0 radical (unpaired) electrons. The molecule has 1 aromatic rings. The average Bonchev–Trinajstić information content (AvgIpc) is 3.12. The molecule has 2 aliphatic heterocycles. The number of rotatable bonds is 4. The molecule has 1 amide bonds. The van der Waals surface area contributed by atoms with Crippen LogP contribution in [0.15, 0.2) is 18.2 Å². The number of carbonyl (C=O) groups is 1. The van der Waals surface area contributed by atoms with Gasteiger partial charge in [-0.15, -0.1) is 0 Å². The van der Waals surface area contributed by atoms with Gasteiger partial charge >= 0.3 is 0 Å². The lowest BCUT2D eigenvalue weighted by molar-refractivity contribution is -0.123. The van der Waals surface area contributed by atoms with Crippen molar-refractivity contribution in [3.8, 4) is 11.5 Å². The lowest BCUT2D eigenvalue weighted by Crippen LogP contribution is -2.45. The van der Waals surface area contributed by atoms with E-state index in [0.717, 1.165) is 17.1 Å². The Hall–Kier alpha value is -1.79. The van der Waals surface area contributed by atoms with Gasteiger partial charge in [0.15, 0.2) is 11.5 Å². The highest BCUT2D eigenvalue weighted by atomic mass is 16.7. The van der Waals surface area contributed by atoms with E-state index in [9.17, 15) is 9.90 Å². The Kier molecular flexibility index (Phi) is 3.97. The summed E-state index contributed by atoms with van der Waals surface area (Å²) < 4.78 is 10.7. The summed E-state index contributed by atoms with van der Waals surface area (Å²) in [7, 11) is 0. The van der Waals surface area contributed by atoms with E-state index in [2.05, 4.69) is 24.5 Å². The molecular weight excluding hydrogens is 284 g/mol. The van der Waals surface area contributed by atoms with Gasteiger partial charge in [-0.2, -0.15) is 0 Å². The molecule has 0 aliphatic carbocycles. The number of benzene rings is 1. The van der Waals surface area contributed by atoms with Gasteiger partial charge in [-0.05, 0) is 24.1 Å².